The van der Waals surface area contributed by atoms with Crippen molar-refractivity contribution in [2.24, 2.45) is 0 Å². The average Bonchev–Trinajstić information content (AvgIpc) is 3.10. The lowest BCUT2D eigenvalue weighted by Crippen LogP contribution is -2.11. The summed E-state index contributed by atoms with van der Waals surface area (Å²) in [5.74, 6) is -0.288. The Morgan fingerprint density at radius 3 is 2.60 bits per heavy atom. The van der Waals surface area contributed by atoms with Crippen LogP contribution in [0, 0.1) is 0 Å². The van der Waals surface area contributed by atoms with Gasteiger partial charge in [0, 0.05) is 21.2 Å². The summed E-state index contributed by atoms with van der Waals surface area (Å²) in [5, 5.41) is 5.02. The standard InChI is InChI=1S/C24H14ClNO3S/c25-21-17-9-2-4-11-20(17)30-22(21)23(27)26-16-8-5-7-14(12-16)18-13-15-6-1-3-10-19(15)29-24(18)28/h1-13H,(H,26,27). The Hall–Kier alpha value is -3.41. The first kappa shape index (κ1) is 18.6. The lowest BCUT2D eigenvalue weighted by molar-refractivity contribution is 0.103. The fourth-order valence-corrected chi connectivity index (χ4v) is 4.79. The van der Waals surface area contributed by atoms with E-state index in [2.05, 4.69) is 5.32 Å². The van der Waals surface area contributed by atoms with Gasteiger partial charge in [0.1, 0.15) is 10.5 Å². The molecule has 0 atom stereocenters. The molecule has 0 bridgehead atoms. The van der Waals surface area contributed by atoms with E-state index < -0.39 is 5.63 Å². The molecule has 0 aliphatic carbocycles. The number of anilines is 1. The maximum Gasteiger partial charge on any atom is 0.344 e. The van der Waals surface area contributed by atoms with Crippen LogP contribution in [0.4, 0.5) is 5.69 Å². The van der Waals surface area contributed by atoms with Crippen LogP contribution in [0.25, 0.3) is 32.2 Å². The predicted octanol–water partition coefficient (Wildman–Crippen LogP) is 6.58. The van der Waals surface area contributed by atoms with E-state index in [0.29, 0.717) is 32.3 Å². The van der Waals surface area contributed by atoms with E-state index >= 15 is 0 Å². The first-order chi connectivity index (χ1) is 14.6. The zero-order chi connectivity index (χ0) is 20.7. The molecule has 4 nitrogen and oxygen atoms in total. The van der Waals surface area contributed by atoms with E-state index in [1.54, 1.807) is 30.3 Å². The first-order valence-corrected chi connectivity index (χ1v) is 10.4. The van der Waals surface area contributed by atoms with E-state index in [0.717, 1.165) is 15.5 Å². The van der Waals surface area contributed by atoms with Crippen molar-refractivity contribution >= 4 is 55.6 Å². The Bertz CT molecular complexity index is 1490. The summed E-state index contributed by atoms with van der Waals surface area (Å²) in [7, 11) is 0. The smallest absolute Gasteiger partial charge is 0.344 e. The van der Waals surface area contributed by atoms with Crippen molar-refractivity contribution in [1.29, 1.82) is 0 Å². The quantitative estimate of drug-likeness (QED) is 0.328. The molecule has 0 aliphatic rings. The molecule has 0 saturated heterocycles. The van der Waals surface area contributed by atoms with Gasteiger partial charge in [-0.2, -0.15) is 0 Å². The molecule has 2 aromatic heterocycles. The SMILES string of the molecule is O=C(Nc1cccc(-c2cc3ccccc3oc2=O)c1)c1sc2ccccc2c1Cl. The average molecular weight is 432 g/mol. The number of carbonyl (C=O) groups is 1. The zero-order valence-electron chi connectivity index (χ0n) is 15.5. The van der Waals surface area contributed by atoms with Crippen LogP contribution < -0.4 is 10.9 Å². The highest BCUT2D eigenvalue weighted by atomic mass is 35.5. The highest BCUT2D eigenvalue weighted by Gasteiger charge is 2.17. The van der Waals surface area contributed by atoms with Crippen LogP contribution in [0.15, 0.2) is 88.1 Å². The molecule has 0 aliphatic heterocycles. The van der Waals surface area contributed by atoms with Crippen LogP contribution in [0.1, 0.15) is 9.67 Å². The van der Waals surface area contributed by atoms with Crippen LogP contribution in [-0.4, -0.2) is 5.91 Å². The minimum absolute atomic E-state index is 0.288. The largest absolute Gasteiger partial charge is 0.422 e. The van der Waals surface area contributed by atoms with Crippen molar-refractivity contribution < 1.29 is 9.21 Å². The molecule has 0 unspecified atom stereocenters. The van der Waals surface area contributed by atoms with Gasteiger partial charge in [-0.1, -0.05) is 60.1 Å². The Kier molecular flexibility index (Phi) is 4.62. The molecule has 2 heterocycles. The number of carbonyl (C=O) groups excluding carboxylic acids is 1. The summed E-state index contributed by atoms with van der Waals surface area (Å²) in [5.41, 5.74) is 1.78. The second kappa shape index (κ2) is 7.44. The molecule has 5 rings (SSSR count). The molecule has 0 radical (unpaired) electrons. The van der Waals surface area contributed by atoms with Crippen molar-refractivity contribution in [3.63, 3.8) is 0 Å². The van der Waals surface area contributed by atoms with Gasteiger partial charge in [-0.25, -0.2) is 4.79 Å². The molecular weight excluding hydrogens is 418 g/mol. The lowest BCUT2D eigenvalue weighted by atomic mass is 10.1. The summed E-state index contributed by atoms with van der Waals surface area (Å²) in [6.45, 7) is 0. The van der Waals surface area contributed by atoms with Crippen molar-refractivity contribution in [2.75, 3.05) is 5.32 Å². The monoisotopic (exact) mass is 431 g/mol. The normalized spacial score (nSPS) is 11.1. The van der Waals surface area contributed by atoms with Gasteiger partial charge in [0.2, 0.25) is 0 Å². The van der Waals surface area contributed by atoms with Gasteiger partial charge < -0.3 is 9.73 Å². The zero-order valence-corrected chi connectivity index (χ0v) is 17.1. The number of hydrogen-bond acceptors (Lipinski definition) is 4. The number of hydrogen-bond donors (Lipinski definition) is 1. The van der Waals surface area contributed by atoms with Crippen LogP contribution >= 0.6 is 22.9 Å². The topological polar surface area (TPSA) is 59.3 Å². The number of fused-ring (bicyclic) bond motifs is 2. The van der Waals surface area contributed by atoms with Gasteiger partial charge in [0.05, 0.1) is 10.6 Å². The summed E-state index contributed by atoms with van der Waals surface area (Å²) >= 11 is 7.76. The lowest BCUT2D eigenvalue weighted by Gasteiger charge is -2.07. The number of rotatable bonds is 3. The maximum absolute atomic E-state index is 12.8. The van der Waals surface area contributed by atoms with E-state index in [-0.39, 0.29) is 5.91 Å². The number of nitrogens with one attached hydrogen (secondary N) is 1. The van der Waals surface area contributed by atoms with Crippen molar-refractivity contribution in [3.8, 4) is 11.1 Å². The Labute approximate surface area is 180 Å². The third kappa shape index (κ3) is 3.28. The number of thiophene rings is 1. The molecule has 1 amide bonds. The second-order valence-corrected chi connectivity index (χ2v) is 8.19. The summed E-state index contributed by atoms with van der Waals surface area (Å²) in [6.07, 6.45) is 0. The van der Waals surface area contributed by atoms with Crippen LogP contribution in [-0.2, 0) is 0 Å². The molecular formula is C24H14ClNO3S. The Balaban J connectivity index is 1.49. The minimum atomic E-state index is -0.426. The van der Waals surface area contributed by atoms with Crippen LogP contribution in [0.3, 0.4) is 0 Å². The molecule has 0 spiro atoms. The first-order valence-electron chi connectivity index (χ1n) is 9.22. The molecule has 0 saturated carbocycles. The summed E-state index contributed by atoms with van der Waals surface area (Å²) < 4.78 is 6.38. The predicted molar refractivity (Wildman–Crippen MR) is 123 cm³/mol. The van der Waals surface area contributed by atoms with E-state index in [4.69, 9.17) is 16.0 Å². The number of benzene rings is 3. The molecule has 0 fully saturated rings. The molecule has 1 N–H and O–H groups in total. The summed E-state index contributed by atoms with van der Waals surface area (Å²) in [4.78, 5) is 25.7. The number of halogens is 1. The van der Waals surface area contributed by atoms with Crippen LogP contribution in [0.5, 0.6) is 0 Å². The highest BCUT2D eigenvalue weighted by molar-refractivity contribution is 7.21. The van der Waals surface area contributed by atoms with Gasteiger partial charge in [0.15, 0.2) is 0 Å². The van der Waals surface area contributed by atoms with Crippen LogP contribution in [0.2, 0.25) is 5.02 Å². The highest BCUT2D eigenvalue weighted by Crippen LogP contribution is 2.35. The van der Waals surface area contributed by atoms with E-state index in [1.165, 1.54) is 11.3 Å². The fraction of sp³-hybridized carbons (Fsp3) is 0. The van der Waals surface area contributed by atoms with E-state index in [1.807, 2.05) is 48.5 Å². The Morgan fingerprint density at radius 1 is 0.933 bits per heavy atom. The van der Waals surface area contributed by atoms with Crippen molar-refractivity contribution in [3.05, 3.63) is 99.2 Å². The third-order valence-corrected chi connectivity index (χ3v) is 6.49. The van der Waals surface area contributed by atoms with Gasteiger partial charge in [-0.15, -0.1) is 11.3 Å². The van der Waals surface area contributed by atoms with Crippen molar-refractivity contribution in [1.82, 2.24) is 0 Å². The van der Waals surface area contributed by atoms with E-state index in [9.17, 15) is 9.59 Å². The van der Waals surface area contributed by atoms with Gasteiger partial charge in [0.25, 0.3) is 5.91 Å². The number of amides is 1. The fourth-order valence-electron chi connectivity index (χ4n) is 3.38. The Morgan fingerprint density at radius 2 is 1.73 bits per heavy atom. The minimum Gasteiger partial charge on any atom is -0.422 e. The molecule has 6 heteroatoms. The van der Waals surface area contributed by atoms with Crippen molar-refractivity contribution in [2.45, 2.75) is 0 Å². The van der Waals surface area contributed by atoms with Gasteiger partial charge >= 0.3 is 5.63 Å². The molecule has 3 aromatic carbocycles. The second-order valence-electron chi connectivity index (χ2n) is 6.76. The van der Waals surface area contributed by atoms with Gasteiger partial charge in [-0.3, -0.25) is 4.79 Å². The summed E-state index contributed by atoms with van der Waals surface area (Å²) in [6, 6.07) is 23.9. The molecule has 146 valence electrons. The molecule has 5 aromatic rings. The maximum atomic E-state index is 12.8. The van der Waals surface area contributed by atoms with Gasteiger partial charge in [-0.05, 0) is 35.9 Å². The molecule has 30 heavy (non-hydrogen) atoms. The third-order valence-electron chi connectivity index (χ3n) is 4.81. The number of para-hydroxylation sites is 1.